The van der Waals surface area contributed by atoms with Gasteiger partial charge in [0, 0.05) is 13.1 Å². The first-order valence-electron chi connectivity index (χ1n) is 8.32. The Hall–Kier alpha value is -2.28. The minimum absolute atomic E-state index is 0.167. The van der Waals surface area contributed by atoms with Gasteiger partial charge in [-0.05, 0) is 51.6 Å². The lowest BCUT2D eigenvalue weighted by atomic mass is 10.1. The van der Waals surface area contributed by atoms with Gasteiger partial charge in [-0.25, -0.2) is 4.79 Å². The SMILES string of the molecule is COc1ccc(CN(C)CCCN2C(=O)NC(C)(C)C2=O)cc1OC. The number of ether oxygens (including phenoxy) is 2. The zero-order chi connectivity index (χ0) is 18.6. The van der Waals surface area contributed by atoms with E-state index in [2.05, 4.69) is 10.2 Å². The summed E-state index contributed by atoms with van der Waals surface area (Å²) in [6.07, 6.45) is 0.721. The lowest BCUT2D eigenvalue weighted by Crippen LogP contribution is -2.40. The molecule has 0 aromatic heterocycles. The lowest BCUT2D eigenvalue weighted by Gasteiger charge is -2.20. The smallest absolute Gasteiger partial charge is 0.325 e. The summed E-state index contributed by atoms with van der Waals surface area (Å²) in [7, 11) is 5.23. The maximum atomic E-state index is 12.1. The number of carbonyl (C=O) groups is 2. The second-order valence-corrected chi connectivity index (χ2v) is 6.79. The Bertz CT molecular complexity index is 645. The van der Waals surface area contributed by atoms with Gasteiger partial charge in [-0.3, -0.25) is 9.69 Å². The van der Waals surface area contributed by atoms with E-state index in [0.29, 0.717) is 18.0 Å². The number of imide groups is 1. The molecular formula is C18H27N3O4. The van der Waals surface area contributed by atoms with Crippen LogP contribution in [0.2, 0.25) is 0 Å². The maximum Gasteiger partial charge on any atom is 0.325 e. The lowest BCUT2D eigenvalue weighted by molar-refractivity contribution is -0.130. The number of benzene rings is 1. The van der Waals surface area contributed by atoms with E-state index in [4.69, 9.17) is 9.47 Å². The summed E-state index contributed by atoms with van der Waals surface area (Å²) in [5, 5.41) is 2.69. The van der Waals surface area contributed by atoms with Crippen LogP contribution >= 0.6 is 0 Å². The summed E-state index contributed by atoms with van der Waals surface area (Å²) >= 11 is 0. The molecule has 138 valence electrons. The molecule has 0 spiro atoms. The molecule has 1 aromatic rings. The van der Waals surface area contributed by atoms with Crippen LogP contribution in [-0.2, 0) is 11.3 Å². The molecule has 1 heterocycles. The minimum atomic E-state index is -0.803. The molecule has 1 saturated heterocycles. The molecule has 0 atom stereocenters. The predicted molar refractivity (Wildman–Crippen MR) is 94.8 cm³/mol. The summed E-state index contributed by atoms with van der Waals surface area (Å²) in [6, 6.07) is 5.53. The number of carbonyl (C=O) groups excluding carboxylic acids is 2. The predicted octanol–water partition coefficient (Wildman–Crippen LogP) is 1.86. The zero-order valence-electron chi connectivity index (χ0n) is 15.6. The molecule has 1 fully saturated rings. The summed E-state index contributed by atoms with van der Waals surface area (Å²) < 4.78 is 10.6. The number of hydrogen-bond acceptors (Lipinski definition) is 5. The Morgan fingerprint density at radius 1 is 1.16 bits per heavy atom. The first-order chi connectivity index (χ1) is 11.8. The van der Waals surface area contributed by atoms with Crippen molar-refractivity contribution in [3.8, 4) is 11.5 Å². The third-order valence-electron chi connectivity index (χ3n) is 4.27. The van der Waals surface area contributed by atoms with Crippen molar-refractivity contribution in [3.05, 3.63) is 23.8 Å². The average molecular weight is 349 g/mol. The fourth-order valence-corrected chi connectivity index (χ4v) is 2.89. The summed E-state index contributed by atoms with van der Waals surface area (Å²) in [5.41, 5.74) is 0.305. The Labute approximate surface area is 148 Å². The first kappa shape index (κ1) is 19.1. The van der Waals surface area contributed by atoms with E-state index in [-0.39, 0.29) is 11.9 Å². The highest BCUT2D eigenvalue weighted by molar-refractivity contribution is 6.06. The fourth-order valence-electron chi connectivity index (χ4n) is 2.89. The molecule has 1 aromatic carbocycles. The highest BCUT2D eigenvalue weighted by atomic mass is 16.5. The second-order valence-electron chi connectivity index (χ2n) is 6.79. The van der Waals surface area contributed by atoms with Gasteiger partial charge in [-0.1, -0.05) is 6.07 Å². The average Bonchev–Trinajstić information content (AvgIpc) is 2.76. The quantitative estimate of drug-likeness (QED) is 0.726. The van der Waals surface area contributed by atoms with Crippen LogP contribution in [0.1, 0.15) is 25.8 Å². The molecule has 0 bridgehead atoms. The van der Waals surface area contributed by atoms with Crippen LogP contribution in [0.15, 0.2) is 18.2 Å². The van der Waals surface area contributed by atoms with E-state index in [9.17, 15) is 9.59 Å². The van der Waals surface area contributed by atoms with Crippen LogP contribution in [0.5, 0.6) is 11.5 Å². The maximum absolute atomic E-state index is 12.1. The van der Waals surface area contributed by atoms with Gasteiger partial charge >= 0.3 is 6.03 Å². The molecule has 0 radical (unpaired) electrons. The van der Waals surface area contributed by atoms with E-state index in [1.165, 1.54) is 4.90 Å². The van der Waals surface area contributed by atoms with Crippen molar-refractivity contribution in [1.29, 1.82) is 0 Å². The van der Waals surface area contributed by atoms with Gasteiger partial charge in [-0.2, -0.15) is 0 Å². The normalized spacial score (nSPS) is 16.3. The largest absolute Gasteiger partial charge is 0.493 e. The number of hydrogen-bond donors (Lipinski definition) is 1. The van der Waals surface area contributed by atoms with Gasteiger partial charge in [0.05, 0.1) is 14.2 Å². The van der Waals surface area contributed by atoms with E-state index < -0.39 is 5.54 Å². The van der Waals surface area contributed by atoms with Crippen molar-refractivity contribution >= 4 is 11.9 Å². The molecule has 2 rings (SSSR count). The van der Waals surface area contributed by atoms with E-state index >= 15 is 0 Å². The van der Waals surface area contributed by atoms with Gasteiger partial charge in [-0.15, -0.1) is 0 Å². The van der Waals surface area contributed by atoms with Crippen LogP contribution in [0.4, 0.5) is 4.79 Å². The van der Waals surface area contributed by atoms with Crippen molar-refractivity contribution in [3.63, 3.8) is 0 Å². The highest BCUT2D eigenvalue weighted by Crippen LogP contribution is 2.28. The Morgan fingerprint density at radius 3 is 2.40 bits per heavy atom. The molecular weight excluding hydrogens is 322 g/mol. The summed E-state index contributed by atoms with van der Waals surface area (Å²) in [6.45, 7) is 5.37. The minimum Gasteiger partial charge on any atom is -0.493 e. The molecule has 0 unspecified atom stereocenters. The van der Waals surface area contributed by atoms with Crippen molar-refractivity contribution in [2.24, 2.45) is 0 Å². The second kappa shape index (κ2) is 7.74. The molecule has 7 nitrogen and oxygen atoms in total. The van der Waals surface area contributed by atoms with Crippen LogP contribution < -0.4 is 14.8 Å². The van der Waals surface area contributed by atoms with Crippen molar-refractivity contribution < 1.29 is 19.1 Å². The standard InChI is InChI=1S/C18H27N3O4/c1-18(2)16(22)21(17(23)19-18)10-6-9-20(3)12-13-7-8-14(24-4)15(11-13)25-5/h7-8,11H,6,9-10,12H2,1-5H3,(H,19,23). The van der Waals surface area contributed by atoms with Crippen LogP contribution in [0.25, 0.3) is 0 Å². The number of urea groups is 1. The molecule has 0 saturated carbocycles. The van der Waals surface area contributed by atoms with Crippen LogP contribution in [0.3, 0.4) is 0 Å². The Kier molecular flexibility index (Phi) is 5.89. The van der Waals surface area contributed by atoms with Crippen LogP contribution in [0, 0.1) is 0 Å². The van der Waals surface area contributed by atoms with Crippen molar-refractivity contribution in [1.82, 2.24) is 15.1 Å². The van der Waals surface area contributed by atoms with Gasteiger partial charge in [0.1, 0.15) is 5.54 Å². The number of amides is 3. The van der Waals surface area contributed by atoms with Gasteiger partial charge in [0.15, 0.2) is 11.5 Å². The Morgan fingerprint density at radius 2 is 1.84 bits per heavy atom. The molecule has 3 amide bonds. The van der Waals surface area contributed by atoms with E-state index in [0.717, 1.165) is 25.1 Å². The van der Waals surface area contributed by atoms with Gasteiger partial charge in [0.2, 0.25) is 0 Å². The molecule has 7 heteroatoms. The van der Waals surface area contributed by atoms with Crippen molar-refractivity contribution in [2.45, 2.75) is 32.4 Å². The first-order valence-corrected chi connectivity index (χ1v) is 8.32. The van der Waals surface area contributed by atoms with Gasteiger partial charge < -0.3 is 19.7 Å². The van der Waals surface area contributed by atoms with Gasteiger partial charge in [0.25, 0.3) is 5.91 Å². The summed E-state index contributed by atoms with van der Waals surface area (Å²) in [4.78, 5) is 27.4. The number of methoxy groups -OCH3 is 2. The molecule has 1 aliphatic rings. The number of nitrogens with one attached hydrogen (secondary N) is 1. The van der Waals surface area contributed by atoms with E-state index in [1.54, 1.807) is 28.1 Å². The zero-order valence-corrected chi connectivity index (χ0v) is 15.6. The molecule has 1 aliphatic heterocycles. The molecule has 0 aliphatic carbocycles. The molecule has 25 heavy (non-hydrogen) atoms. The number of rotatable bonds is 8. The third kappa shape index (κ3) is 4.42. The van der Waals surface area contributed by atoms with Crippen LogP contribution in [-0.4, -0.2) is 61.6 Å². The third-order valence-corrected chi connectivity index (χ3v) is 4.27. The topological polar surface area (TPSA) is 71.1 Å². The Balaban J connectivity index is 1.84. The fraction of sp³-hybridized carbons (Fsp3) is 0.556. The highest BCUT2D eigenvalue weighted by Gasteiger charge is 2.43. The number of nitrogens with zero attached hydrogens (tertiary/aromatic N) is 2. The monoisotopic (exact) mass is 349 g/mol. The molecule has 1 N–H and O–H groups in total. The van der Waals surface area contributed by atoms with E-state index in [1.807, 2.05) is 25.2 Å². The van der Waals surface area contributed by atoms with Crippen molar-refractivity contribution in [2.75, 3.05) is 34.4 Å². The summed E-state index contributed by atoms with van der Waals surface area (Å²) in [5.74, 6) is 1.24.